The standard InChI is InChI=1S/C13H17NO4/c1-14(9-13(16)17)12(15)7-8-18-10-11-5-3-2-4-6-11/h2-6H,7-10H2,1H3,(H,16,17). The summed E-state index contributed by atoms with van der Waals surface area (Å²) in [4.78, 5) is 23.1. The Bertz CT molecular complexity index is 391. The third kappa shape index (κ3) is 5.45. The third-order valence-corrected chi connectivity index (χ3v) is 2.37. The minimum Gasteiger partial charge on any atom is -0.480 e. The molecule has 1 aromatic rings. The Labute approximate surface area is 106 Å². The van der Waals surface area contributed by atoms with Crippen LogP contribution in [-0.2, 0) is 20.9 Å². The zero-order valence-electron chi connectivity index (χ0n) is 10.3. The number of carboxylic acids is 1. The van der Waals surface area contributed by atoms with E-state index < -0.39 is 5.97 Å². The molecule has 0 saturated carbocycles. The summed E-state index contributed by atoms with van der Waals surface area (Å²) < 4.78 is 5.35. The number of carbonyl (C=O) groups is 2. The highest BCUT2D eigenvalue weighted by Gasteiger charge is 2.11. The van der Waals surface area contributed by atoms with Crippen LogP contribution in [0, 0.1) is 0 Å². The Hall–Kier alpha value is -1.88. The lowest BCUT2D eigenvalue weighted by molar-refractivity contribution is -0.143. The van der Waals surface area contributed by atoms with Crippen molar-refractivity contribution in [2.45, 2.75) is 13.0 Å². The molecule has 0 atom stereocenters. The zero-order chi connectivity index (χ0) is 13.4. The second kappa shape index (κ2) is 7.45. The first-order chi connectivity index (χ1) is 8.59. The number of benzene rings is 1. The third-order valence-electron chi connectivity index (χ3n) is 2.37. The Kier molecular flexibility index (Phi) is 5.87. The van der Waals surface area contributed by atoms with Crippen molar-refractivity contribution in [3.8, 4) is 0 Å². The molecule has 0 aliphatic carbocycles. The summed E-state index contributed by atoms with van der Waals surface area (Å²) in [6.07, 6.45) is 0.191. The van der Waals surface area contributed by atoms with E-state index in [1.165, 1.54) is 11.9 Å². The Morgan fingerprint density at radius 2 is 1.94 bits per heavy atom. The number of carboxylic acid groups (broad SMARTS) is 1. The van der Waals surface area contributed by atoms with Crippen LogP contribution in [0.1, 0.15) is 12.0 Å². The number of hydrogen-bond acceptors (Lipinski definition) is 3. The summed E-state index contributed by atoms with van der Waals surface area (Å²) in [6.45, 7) is 0.464. The van der Waals surface area contributed by atoms with Gasteiger partial charge in [0.15, 0.2) is 0 Å². The largest absolute Gasteiger partial charge is 0.480 e. The molecule has 1 aromatic carbocycles. The number of nitrogens with zero attached hydrogens (tertiary/aromatic N) is 1. The maximum absolute atomic E-state index is 11.5. The fourth-order valence-corrected chi connectivity index (χ4v) is 1.41. The van der Waals surface area contributed by atoms with Crippen molar-refractivity contribution in [2.75, 3.05) is 20.2 Å². The maximum Gasteiger partial charge on any atom is 0.323 e. The summed E-state index contributed by atoms with van der Waals surface area (Å²) in [6, 6.07) is 9.65. The maximum atomic E-state index is 11.5. The van der Waals surface area contributed by atoms with Crippen molar-refractivity contribution in [1.82, 2.24) is 4.90 Å². The summed E-state index contributed by atoms with van der Waals surface area (Å²) >= 11 is 0. The average molecular weight is 251 g/mol. The van der Waals surface area contributed by atoms with Crippen molar-refractivity contribution < 1.29 is 19.4 Å². The van der Waals surface area contributed by atoms with E-state index in [4.69, 9.17) is 9.84 Å². The quantitative estimate of drug-likeness (QED) is 0.738. The van der Waals surface area contributed by atoms with E-state index in [2.05, 4.69) is 0 Å². The second-order valence-corrected chi connectivity index (χ2v) is 3.93. The van der Waals surface area contributed by atoms with Gasteiger partial charge in [0, 0.05) is 7.05 Å². The predicted molar refractivity (Wildman–Crippen MR) is 66.0 cm³/mol. The van der Waals surface area contributed by atoms with Gasteiger partial charge in [-0.25, -0.2) is 0 Å². The van der Waals surface area contributed by atoms with Gasteiger partial charge in [-0.2, -0.15) is 0 Å². The molecule has 18 heavy (non-hydrogen) atoms. The number of hydrogen-bond donors (Lipinski definition) is 1. The molecule has 1 amide bonds. The molecule has 1 rings (SSSR count). The van der Waals surface area contributed by atoms with Crippen molar-refractivity contribution in [3.63, 3.8) is 0 Å². The number of amides is 1. The number of carbonyl (C=O) groups excluding carboxylic acids is 1. The summed E-state index contributed by atoms with van der Waals surface area (Å²) in [5.41, 5.74) is 1.05. The highest BCUT2D eigenvalue weighted by atomic mass is 16.5. The molecule has 0 aromatic heterocycles. The molecule has 0 unspecified atom stereocenters. The number of aliphatic carboxylic acids is 1. The van der Waals surface area contributed by atoms with Crippen molar-refractivity contribution in [2.24, 2.45) is 0 Å². The first-order valence-electron chi connectivity index (χ1n) is 5.67. The minimum atomic E-state index is -1.02. The lowest BCUT2D eigenvalue weighted by Crippen LogP contribution is -2.32. The van der Waals surface area contributed by atoms with Crippen LogP contribution in [0.4, 0.5) is 0 Å². The van der Waals surface area contributed by atoms with Crippen LogP contribution in [0.3, 0.4) is 0 Å². The van der Waals surface area contributed by atoms with E-state index in [-0.39, 0.29) is 25.5 Å². The summed E-state index contributed by atoms with van der Waals surface area (Å²) in [5.74, 6) is -1.25. The normalized spacial score (nSPS) is 10.1. The average Bonchev–Trinajstić information content (AvgIpc) is 2.34. The highest BCUT2D eigenvalue weighted by molar-refractivity contribution is 5.81. The Morgan fingerprint density at radius 1 is 1.28 bits per heavy atom. The smallest absolute Gasteiger partial charge is 0.323 e. The molecule has 0 bridgehead atoms. The molecule has 0 saturated heterocycles. The molecule has 1 N–H and O–H groups in total. The Morgan fingerprint density at radius 3 is 2.56 bits per heavy atom. The lowest BCUT2D eigenvalue weighted by atomic mass is 10.2. The van der Waals surface area contributed by atoms with Gasteiger partial charge in [-0.1, -0.05) is 30.3 Å². The molecule has 5 heteroatoms. The van der Waals surface area contributed by atoms with Crippen molar-refractivity contribution >= 4 is 11.9 Å². The van der Waals surface area contributed by atoms with Gasteiger partial charge in [-0.05, 0) is 5.56 Å². The minimum absolute atomic E-state index is 0.191. The van der Waals surface area contributed by atoms with Gasteiger partial charge < -0.3 is 14.7 Å². The molecular formula is C13H17NO4. The molecule has 0 fully saturated rings. The SMILES string of the molecule is CN(CC(=O)O)C(=O)CCOCc1ccccc1. The van der Waals surface area contributed by atoms with E-state index in [1.54, 1.807) is 0 Å². The molecule has 0 aliphatic rings. The number of rotatable bonds is 7. The van der Waals surface area contributed by atoms with Gasteiger partial charge in [-0.15, -0.1) is 0 Å². The molecule has 0 aliphatic heterocycles. The van der Waals surface area contributed by atoms with Gasteiger partial charge >= 0.3 is 5.97 Å². The first-order valence-corrected chi connectivity index (χ1v) is 5.67. The number of ether oxygens (including phenoxy) is 1. The van der Waals surface area contributed by atoms with E-state index in [0.717, 1.165) is 5.56 Å². The first kappa shape index (κ1) is 14.2. The Balaban J connectivity index is 2.18. The number of likely N-dealkylation sites (N-methyl/N-ethyl adjacent to an activating group) is 1. The zero-order valence-corrected chi connectivity index (χ0v) is 10.3. The summed E-state index contributed by atoms with van der Waals surface area (Å²) in [5, 5.41) is 8.53. The van der Waals surface area contributed by atoms with Crippen LogP contribution in [0.5, 0.6) is 0 Å². The van der Waals surface area contributed by atoms with Crippen LogP contribution >= 0.6 is 0 Å². The van der Waals surface area contributed by atoms with Crippen molar-refractivity contribution in [1.29, 1.82) is 0 Å². The van der Waals surface area contributed by atoms with Gasteiger partial charge in [-0.3, -0.25) is 9.59 Å². The fourth-order valence-electron chi connectivity index (χ4n) is 1.41. The topological polar surface area (TPSA) is 66.8 Å². The lowest BCUT2D eigenvalue weighted by Gasteiger charge is -2.14. The molecule has 0 heterocycles. The van der Waals surface area contributed by atoms with E-state index >= 15 is 0 Å². The van der Waals surface area contributed by atoms with Crippen LogP contribution in [0.25, 0.3) is 0 Å². The van der Waals surface area contributed by atoms with Gasteiger partial charge in [0.2, 0.25) is 5.91 Å². The molecule has 98 valence electrons. The van der Waals surface area contributed by atoms with Gasteiger partial charge in [0.05, 0.1) is 19.6 Å². The molecule has 0 radical (unpaired) electrons. The predicted octanol–water partition coefficient (Wildman–Crippen LogP) is 1.14. The monoisotopic (exact) mass is 251 g/mol. The van der Waals surface area contributed by atoms with Crippen LogP contribution in [0.15, 0.2) is 30.3 Å². The molecule has 5 nitrogen and oxygen atoms in total. The second-order valence-electron chi connectivity index (χ2n) is 3.93. The van der Waals surface area contributed by atoms with Gasteiger partial charge in [0.25, 0.3) is 0 Å². The van der Waals surface area contributed by atoms with Crippen LogP contribution in [0.2, 0.25) is 0 Å². The fraction of sp³-hybridized carbons (Fsp3) is 0.385. The highest BCUT2D eigenvalue weighted by Crippen LogP contribution is 2.01. The molecule has 0 spiro atoms. The van der Waals surface area contributed by atoms with Crippen molar-refractivity contribution in [3.05, 3.63) is 35.9 Å². The summed E-state index contributed by atoms with van der Waals surface area (Å²) in [7, 11) is 1.47. The molecular weight excluding hydrogens is 234 g/mol. The van der Waals surface area contributed by atoms with E-state index in [1.807, 2.05) is 30.3 Å². The van der Waals surface area contributed by atoms with Crippen LogP contribution < -0.4 is 0 Å². The van der Waals surface area contributed by atoms with Gasteiger partial charge in [0.1, 0.15) is 6.54 Å². The van der Waals surface area contributed by atoms with E-state index in [0.29, 0.717) is 6.61 Å². The van der Waals surface area contributed by atoms with Crippen LogP contribution in [-0.4, -0.2) is 42.1 Å². The van der Waals surface area contributed by atoms with E-state index in [9.17, 15) is 9.59 Å².